The van der Waals surface area contributed by atoms with Crippen LogP contribution >= 0.6 is 11.6 Å². The number of hydrogen-bond donors (Lipinski definition) is 2. The third-order valence-corrected chi connectivity index (χ3v) is 2.22. The van der Waals surface area contributed by atoms with Crippen molar-refractivity contribution in [2.75, 3.05) is 11.1 Å². The Hall–Kier alpha value is -1.95. The molecule has 2 aromatic rings. The molecule has 7 heteroatoms. The van der Waals surface area contributed by atoms with Gasteiger partial charge in [-0.2, -0.15) is 4.98 Å². The quantitative estimate of drug-likeness (QED) is 0.867. The molecule has 0 radical (unpaired) electrons. The molecule has 3 N–H and O–H groups in total. The number of nitrogen functional groups attached to an aromatic ring is 1. The first kappa shape index (κ1) is 11.5. The Morgan fingerprint density at radius 1 is 1.29 bits per heavy atom. The van der Waals surface area contributed by atoms with Crippen LogP contribution in [0.2, 0.25) is 5.02 Å². The van der Waals surface area contributed by atoms with Crippen LogP contribution in [0.25, 0.3) is 0 Å². The monoisotopic (exact) mass is 256 g/mol. The van der Waals surface area contributed by atoms with E-state index in [9.17, 15) is 8.78 Å². The van der Waals surface area contributed by atoms with Gasteiger partial charge in [-0.1, -0.05) is 11.6 Å². The smallest absolute Gasteiger partial charge is 0.229 e. The largest absolute Gasteiger partial charge is 0.384 e. The third kappa shape index (κ3) is 2.59. The summed E-state index contributed by atoms with van der Waals surface area (Å²) in [6.45, 7) is 0. The summed E-state index contributed by atoms with van der Waals surface area (Å²) in [5.41, 5.74) is 5.34. The molecule has 0 spiro atoms. The molecular formula is C10H7ClF2N4. The Kier molecular flexibility index (Phi) is 3.06. The summed E-state index contributed by atoms with van der Waals surface area (Å²) in [4.78, 5) is 7.63. The average molecular weight is 257 g/mol. The van der Waals surface area contributed by atoms with Crippen LogP contribution in [0.4, 0.5) is 26.2 Å². The molecule has 1 heterocycles. The molecule has 88 valence electrons. The molecule has 0 aliphatic carbocycles. The van der Waals surface area contributed by atoms with Gasteiger partial charge in [0.1, 0.15) is 11.6 Å². The van der Waals surface area contributed by atoms with E-state index in [-0.39, 0.29) is 22.5 Å². The van der Waals surface area contributed by atoms with Crippen molar-refractivity contribution in [2.45, 2.75) is 0 Å². The number of nitrogens with one attached hydrogen (secondary N) is 1. The number of anilines is 3. The lowest BCUT2D eigenvalue weighted by molar-refractivity contribution is 0.586. The van der Waals surface area contributed by atoms with E-state index in [1.54, 1.807) is 0 Å². The van der Waals surface area contributed by atoms with Crippen molar-refractivity contribution in [2.24, 2.45) is 0 Å². The molecule has 0 atom stereocenters. The summed E-state index contributed by atoms with van der Waals surface area (Å²) in [6, 6.07) is 3.17. The summed E-state index contributed by atoms with van der Waals surface area (Å²) >= 11 is 5.70. The van der Waals surface area contributed by atoms with Crippen LogP contribution in [0.1, 0.15) is 0 Å². The fourth-order valence-electron chi connectivity index (χ4n) is 1.21. The van der Waals surface area contributed by atoms with Crippen LogP contribution in [0.3, 0.4) is 0 Å². The second-order valence-electron chi connectivity index (χ2n) is 3.17. The molecule has 0 amide bonds. The molecule has 0 fully saturated rings. The zero-order valence-electron chi connectivity index (χ0n) is 8.42. The van der Waals surface area contributed by atoms with Gasteiger partial charge >= 0.3 is 0 Å². The third-order valence-electron chi connectivity index (χ3n) is 1.92. The Labute approximate surface area is 100 Å². The molecule has 4 nitrogen and oxygen atoms in total. The Bertz CT molecular complexity index is 539. The SMILES string of the molecule is Nc1ccnc(Nc2c(F)cc(F)cc2Cl)n1. The highest BCUT2D eigenvalue weighted by Crippen LogP contribution is 2.28. The van der Waals surface area contributed by atoms with Gasteiger partial charge in [-0.3, -0.25) is 0 Å². The number of hydrogen-bond acceptors (Lipinski definition) is 4. The molecule has 0 saturated carbocycles. The fourth-order valence-corrected chi connectivity index (χ4v) is 1.45. The number of rotatable bonds is 2. The zero-order chi connectivity index (χ0) is 12.4. The van der Waals surface area contributed by atoms with E-state index >= 15 is 0 Å². The average Bonchev–Trinajstić information content (AvgIpc) is 2.23. The Balaban J connectivity index is 2.36. The number of halogens is 3. The van der Waals surface area contributed by atoms with Crippen LogP contribution < -0.4 is 11.1 Å². The standard InChI is InChI=1S/C10H7ClF2N4/c11-6-3-5(12)4-7(13)9(6)17-10-15-2-1-8(14)16-10/h1-4H,(H3,14,15,16,17). The van der Waals surface area contributed by atoms with Crippen molar-refractivity contribution in [3.63, 3.8) is 0 Å². The summed E-state index contributed by atoms with van der Waals surface area (Å²) in [7, 11) is 0. The normalized spacial score (nSPS) is 10.3. The van der Waals surface area contributed by atoms with E-state index in [1.165, 1.54) is 12.3 Å². The van der Waals surface area contributed by atoms with E-state index in [0.717, 1.165) is 6.07 Å². The predicted octanol–water partition coefficient (Wildman–Crippen LogP) is 2.73. The van der Waals surface area contributed by atoms with Crippen molar-refractivity contribution in [1.82, 2.24) is 9.97 Å². The molecule has 17 heavy (non-hydrogen) atoms. The van der Waals surface area contributed by atoms with Crippen molar-refractivity contribution in [3.05, 3.63) is 41.1 Å². The lowest BCUT2D eigenvalue weighted by Gasteiger charge is -2.08. The lowest BCUT2D eigenvalue weighted by Crippen LogP contribution is -2.02. The van der Waals surface area contributed by atoms with Crippen LogP contribution in [-0.2, 0) is 0 Å². The number of nitrogens with zero attached hydrogens (tertiary/aromatic N) is 2. The van der Waals surface area contributed by atoms with Gasteiger partial charge in [0.05, 0.1) is 10.7 Å². The lowest BCUT2D eigenvalue weighted by atomic mass is 10.3. The second kappa shape index (κ2) is 4.50. The molecule has 2 rings (SSSR count). The number of aromatic nitrogens is 2. The van der Waals surface area contributed by atoms with Gasteiger partial charge in [0.2, 0.25) is 5.95 Å². The fraction of sp³-hybridized carbons (Fsp3) is 0. The molecular weight excluding hydrogens is 250 g/mol. The molecule has 0 unspecified atom stereocenters. The van der Waals surface area contributed by atoms with Gasteiger partial charge in [0.25, 0.3) is 0 Å². The van der Waals surface area contributed by atoms with Crippen molar-refractivity contribution < 1.29 is 8.78 Å². The van der Waals surface area contributed by atoms with E-state index in [0.29, 0.717) is 6.07 Å². The molecule has 0 bridgehead atoms. The van der Waals surface area contributed by atoms with Crippen molar-refractivity contribution in [1.29, 1.82) is 0 Å². The van der Waals surface area contributed by atoms with Crippen molar-refractivity contribution >= 4 is 29.1 Å². The minimum Gasteiger partial charge on any atom is -0.384 e. The van der Waals surface area contributed by atoms with E-state index in [4.69, 9.17) is 17.3 Å². The summed E-state index contributed by atoms with van der Waals surface area (Å²) < 4.78 is 26.2. The molecule has 1 aromatic heterocycles. The van der Waals surface area contributed by atoms with E-state index in [1.807, 2.05) is 0 Å². The first-order chi connectivity index (χ1) is 8.06. The van der Waals surface area contributed by atoms with Gasteiger partial charge in [-0.05, 0) is 12.1 Å². The van der Waals surface area contributed by atoms with E-state index < -0.39 is 11.6 Å². The zero-order valence-corrected chi connectivity index (χ0v) is 9.17. The first-order valence-corrected chi connectivity index (χ1v) is 4.94. The topological polar surface area (TPSA) is 63.8 Å². The highest BCUT2D eigenvalue weighted by Gasteiger charge is 2.11. The highest BCUT2D eigenvalue weighted by molar-refractivity contribution is 6.33. The molecule has 1 aromatic carbocycles. The Morgan fingerprint density at radius 3 is 2.71 bits per heavy atom. The van der Waals surface area contributed by atoms with Crippen LogP contribution in [-0.4, -0.2) is 9.97 Å². The van der Waals surface area contributed by atoms with E-state index in [2.05, 4.69) is 15.3 Å². The van der Waals surface area contributed by atoms with Crippen LogP contribution in [0.15, 0.2) is 24.4 Å². The minimum atomic E-state index is -0.832. The van der Waals surface area contributed by atoms with Gasteiger partial charge in [-0.25, -0.2) is 13.8 Å². The maximum absolute atomic E-state index is 13.4. The maximum atomic E-state index is 13.4. The summed E-state index contributed by atoms with van der Waals surface area (Å²) in [6.07, 6.45) is 1.40. The molecule has 0 aliphatic rings. The minimum absolute atomic E-state index is 0.0809. The van der Waals surface area contributed by atoms with Crippen LogP contribution in [0, 0.1) is 11.6 Å². The maximum Gasteiger partial charge on any atom is 0.229 e. The number of nitrogens with two attached hydrogens (primary N) is 1. The van der Waals surface area contributed by atoms with Gasteiger partial charge in [-0.15, -0.1) is 0 Å². The first-order valence-electron chi connectivity index (χ1n) is 4.56. The Morgan fingerprint density at radius 2 is 2.06 bits per heavy atom. The predicted molar refractivity (Wildman–Crippen MR) is 61.1 cm³/mol. The highest BCUT2D eigenvalue weighted by atomic mass is 35.5. The van der Waals surface area contributed by atoms with Gasteiger partial charge < -0.3 is 11.1 Å². The molecule has 0 saturated heterocycles. The molecule has 0 aliphatic heterocycles. The van der Waals surface area contributed by atoms with Crippen LogP contribution in [0.5, 0.6) is 0 Å². The second-order valence-corrected chi connectivity index (χ2v) is 3.58. The van der Waals surface area contributed by atoms with Gasteiger partial charge in [0.15, 0.2) is 5.82 Å². The van der Waals surface area contributed by atoms with Gasteiger partial charge in [0, 0.05) is 12.3 Å². The summed E-state index contributed by atoms with van der Waals surface area (Å²) in [5.74, 6) is -1.29. The van der Waals surface area contributed by atoms with Crippen molar-refractivity contribution in [3.8, 4) is 0 Å². The summed E-state index contributed by atoms with van der Waals surface area (Å²) in [5, 5.41) is 2.43. The number of benzene rings is 1.